The Labute approximate surface area is 166 Å². The average molecular weight is 371 g/mol. The van der Waals surface area contributed by atoms with E-state index in [0.717, 1.165) is 24.2 Å². The first-order valence-electron chi connectivity index (χ1n) is 11.0. The van der Waals surface area contributed by atoms with Crippen molar-refractivity contribution in [3.8, 4) is 11.5 Å². The van der Waals surface area contributed by atoms with Crippen LogP contribution in [0, 0.1) is 11.8 Å². The lowest BCUT2D eigenvalue weighted by molar-refractivity contribution is 0.135. The second-order valence-corrected chi connectivity index (χ2v) is 9.59. The zero-order valence-corrected chi connectivity index (χ0v) is 18.2. The normalized spacial score (nSPS) is 23.3. The third-order valence-electron chi connectivity index (χ3n) is 6.94. The summed E-state index contributed by atoms with van der Waals surface area (Å²) < 4.78 is 6.46. The first-order chi connectivity index (χ1) is 12.7. The maximum Gasteiger partial charge on any atom is 0.132 e. The Balaban J connectivity index is 1.94. The fraction of sp³-hybridized carbons (Fsp3) is 0.680. The number of hydrogen-bond acceptors (Lipinski definition) is 2. The van der Waals surface area contributed by atoms with Gasteiger partial charge >= 0.3 is 0 Å². The van der Waals surface area contributed by atoms with Crippen LogP contribution >= 0.6 is 0 Å². The molecule has 2 heteroatoms. The SMILES string of the molecule is CCCCCC(C)C(C)c1cc(O)c2c(c1)OC(C)(C)C1=C2CC(C)CC1. The number of aromatic hydroxyl groups is 1. The van der Waals surface area contributed by atoms with Crippen molar-refractivity contribution in [2.45, 2.75) is 98.0 Å². The Morgan fingerprint density at radius 3 is 2.67 bits per heavy atom. The van der Waals surface area contributed by atoms with Crippen LogP contribution in [0.5, 0.6) is 11.5 Å². The molecule has 0 saturated carbocycles. The number of hydrogen-bond donors (Lipinski definition) is 1. The van der Waals surface area contributed by atoms with Gasteiger partial charge in [0.2, 0.25) is 0 Å². The molecule has 150 valence electrons. The molecule has 1 aromatic rings. The van der Waals surface area contributed by atoms with E-state index in [1.54, 1.807) is 0 Å². The highest BCUT2D eigenvalue weighted by molar-refractivity contribution is 5.81. The van der Waals surface area contributed by atoms with Crippen molar-refractivity contribution in [2.24, 2.45) is 11.8 Å². The molecule has 0 spiro atoms. The fourth-order valence-corrected chi connectivity index (χ4v) is 4.93. The highest BCUT2D eigenvalue weighted by Gasteiger charge is 2.38. The van der Waals surface area contributed by atoms with Crippen LogP contribution in [0.25, 0.3) is 5.57 Å². The van der Waals surface area contributed by atoms with Crippen molar-refractivity contribution >= 4 is 5.57 Å². The van der Waals surface area contributed by atoms with E-state index >= 15 is 0 Å². The molecule has 0 bridgehead atoms. The maximum absolute atomic E-state index is 11.0. The van der Waals surface area contributed by atoms with Crippen molar-refractivity contribution < 1.29 is 9.84 Å². The largest absolute Gasteiger partial charge is 0.507 e. The van der Waals surface area contributed by atoms with Gasteiger partial charge in [0, 0.05) is 0 Å². The van der Waals surface area contributed by atoms with Gasteiger partial charge in [0.15, 0.2) is 0 Å². The lowest BCUT2D eigenvalue weighted by atomic mass is 9.74. The van der Waals surface area contributed by atoms with Gasteiger partial charge in [-0.1, -0.05) is 53.4 Å². The van der Waals surface area contributed by atoms with E-state index in [1.807, 2.05) is 6.07 Å². The zero-order valence-electron chi connectivity index (χ0n) is 18.2. The first-order valence-corrected chi connectivity index (χ1v) is 11.0. The summed E-state index contributed by atoms with van der Waals surface area (Å²) in [4.78, 5) is 0. The van der Waals surface area contributed by atoms with E-state index in [1.165, 1.54) is 48.8 Å². The summed E-state index contributed by atoms with van der Waals surface area (Å²) in [6.07, 6.45) is 8.44. The number of rotatable bonds is 6. The van der Waals surface area contributed by atoms with Crippen molar-refractivity contribution in [1.82, 2.24) is 0 Å². The molecule has 0 aromatic heterocycles. The molecule has 3 atom stereocenters. The molecule has 1 heterocycles. The summed E-state index contributed by atoms with van der Waals surface area (Å²) in [7, 11) is 0. The van der Waals surface area contributed by atoms with E-state index < -0.39 is 0 Å². The minimum atomic E-state index is -0.274. The lowest BCUT2D eigenvalue weighted by Crippen LogP contribution is -2.36. The van der Waals surface area contributed by atoms with Crippen LogP contribution in [0.15, 0.2) is 17.7 Å². The second kappa shape index (κ2) is 7.89. The smallest absolute Gasteiger partial charge is 0.132 e. The molecule has 1 N–H and O–H groups in total. The summed E-state index contributed by atoms with van der Waals surface area (Å²) in [6.45, 7) is 13.6. The van der Waals surface area contributed by atoms with Crippen LogP contribution in [0.3, 0.4) is 0 Å². The lowest BCUT2D eigenvalue weighted by Gasteiger charge is -2.41. The molecule has 2 aliphatic rings. The molecule has 27 heavy (non-hydrogen) atoms. The summed E-state index contributed by atoms with van der Waals surface area (Å²) in [6, 6.07) is 4.21. The summed E-state index contributed by atoms with van der Waals surface area (Å²) in [5.74, 6) is 2.99. The number of benzene rings is 1. The van der Waals surface area contributed by atoms with Gasteiger partial charge in [-0.25, -0.2) is 0 Å². The van der Waals surface area contributed by atoms with Crippen LogP contribution in [-0.2, 0) is 0 Å². The van der Waals surface area contributed by atoms with E-state index in [0.29, 0.717) is 23.5 Å². The summed E-state index contributed by atoms with van der Waals surface area (Å²) >= 11 is 0. The van der Waals surface area contributed by atoms with Gasteiger partial charge in [0.1, 0.15) is 17.1 Å². The standard InChI is InChI=1S/C25H38O2/c1-7-8-9-10-17(3)18(4)19-14-22(26)24-20-13-16(2)11-12-21(20)25(5,6)27-23(24)15-19/h14-18,26H,7-13H2,1-6H3. The molecule has 3 rings (SSSR count). The summed E-state index contributed by atoms with van der Waals surface area (Å²) in [5, 5.41) is 11.0. The zero-order chi connectivity index (χ0) is 19.8. The highest BCUT2D eigenvalue weighted by atomic mass is 16.5. The average Bonchev–Trinajstić information content (AvgIpc) is 2.59. The molecule has 1 aromatic carbocycles. The Morgan fingerprint density at radius 2 is 1.96 bits per heavy atom. The predicted octanol–water partition coefficient (Wildman–Crippen LogP) is 7.46. The Hall–Kier alpha value is -1.44. The predicted molar refractivity (Wildman–Crippen MR) is 114 cm³/mol. The van der Waals surface area contributed by atoms with Crippen molar-refractivity contribution in [3.63, 3.8) is 0 Å². The van der Waals surface area contributed by atoms with Crippen LogP contribution in [-0.4, -0.2) is 10.7 Å². The Bertz CT molecular complexity index is 713. The topological polar surface area (TPSA) is 29.5 Å². The van der Waals surface area contributed by atoms with Crippen molar-refractivity contribution in [2.75, 3.05) is 0 Å². The van der Waals surface area contributed by atoms with Crippen LogP contribution in [0.4, 0.5) is 0 Å². The molecule has 0 amide bonds. The van der Waals surface area contributed by atoms with Gasteiger partial charge in [-0.3, -0.25) is 0 Å². The minimum Gasteiger partial charge on any atom is -0.507 e. The second-order valence-electron chi connectivity index (χ2n) is 9.59. The monoisotopic (exact) mass is 370 g/mol. The minimum absolute atomic E-state index is 0.274. The molecule has 1 aliphatic carbocycles. The fourth-order valence-electron chi connectivity index (χ4n) is 4.93. The third-order valence-corrected chi connectivity index (χ3v) is 6.94. The molecule has 0 fully saturated rings. The number of unbranched alkanes of at least 4 members (excludes halogenated alkanes) is 2. The van der Waals surface area contributed by atoms with Gasteiger partial charge in [0.25, 0.3) is 0 Å². The van der Waals surface area contributed by atoms with Crippen LogP contribution in [0.1, 0.15) is 104 Å². The number of fused-ring (bicyclic) bond motifs is 2. The van der Waals surface area contributed by atoms with Gasteiger partial charge in [-0.15, -0.1) is 0 Å². The molecule has 0 saturated heterocycles. The van der Waals surface area contributed by atoms with Gasteiger partial charge in [-0.05, 0) is 79.7 Å². The van der Waals surface area contributed by atoms with Crippen molar-refractivity contribution in [3.05, 3.63) is 28.8 Å². The number of ether oxygens (including phenoxy) is 1. The van der Waals surface area contributed by atoms with Gasteiger partial charge < -0.3 is 9.84 Å². The van der Waals surface area contributed by atoms with E-state index in [-0.39, 0.29) is 5.60 Å². The molecule has 1 aliphatic heterocycles. The Morgan fingerprint density at radius 1 is 1.22 bits per heavy atom. The molecule has 0 radical (unpaired) electrons. The quantitative estimate of drug-likeness (QED) is 0.527. The van der Waals surface area contributed by atoms with Gasteiger partial charge in [-0.2, -0.15) is 0 Å². The molecule has 2 nitrogen and oxygen atoms in total. The Kier molecular flexibility index (Phi) is 5.93. The number of phenols is 1. The van der Waals surface area contributed by atoms with Gasteiger partial charge in [0.05, 0.1) is 5.56 Å². The molecule has 3 unspecified atom stereocenters. The number of allylic oxidation sites excluding steroid dienone is 1. The highest BCUT2D eigenvalue weighted by Crippen LogP contribution is 2.52. The van der Waals surface area contributed by atoms with E-state index in [4.69, 9.17) is 4.74 Å². The first kappa shape index (κ1) is 20.3. The van der Waals surface area contributed by atoms with E-state index in [2.05, 4.69) is 47.6 Å². The van der Waals surface area contributed by atoms with Crippen LogP contribution in [0.2, 0.25) is 0 Å². The molecular formula is C25H38O2. The molecular weight excluding hydrogens is 332 g/mol. The number of phenolic OH excluding ortho intramolecular Hbond substituents is 1. The summed E-state index contributed by atoms with van der Waals surface area (Å²) in [5.41, 5.74) is 4.62. The van der Waals surface area contributed by atoms with E-state index in [9.17, 15) is 5.11 Å². The third kappa shape index (κ3) is 4.05. The maximum atomic E-state index is 11.0. The van der Waals surface area contributed by atoms with Crippen LogP contribution < -0.4 is 4.74 Å². The van der Waals surface area contributed by atoms with Crippen molar-refractivity contribution in [1.29, 1.82) is 0 Å².